The monoisotopic (exact) mass is 701 g/mol. The third-order valence-electron chi connectivity index (χ3n) is 9.91. The second-order valence-corrected chi connectivity index (χ2v) is 14.5. The molecule has 1 aliphatic carbocycles. The van der Waals surface area contributed by atoms with E-state index in [1.54, 1.807) is 0 Å². The standard InChI is InChI=1S/C31H28ClFN6O3.C7H17N/c32-30-35-28(29(36-37-30)42-26-7-6-22(33)12-21(26)17-40)39-18-31(19-39)13-23(14-31)41-27-8-10-34-25-9-11-38(16-24(25)27)15-20-4-2-1-3-5-20;1-6(2)8(5)7(3)4/h1-8,10,12,17,23H,9,11,13-16,18-19H2;6-7H,1-5H3. The number of ether oxygens (including phenoxy) is 2. The number of aromatic nitrogens is 4. The average molecular weight is 702 g/mol. The lowest BCUT2D eigenvalue weighted by atomic mass is 9.61. The Hall–Kier alpha value is -4.19. The first-order chi connectivity index (χ1) is 24.0. The van der Waals surface area contributed by atoms with Crippen molar-refractivity contribution in [2.24, 2.45) is 5.41 Å². The van der Waals surface area contributed by atoms with Gasteiger partial charge in [-0.1, -0.05) is 30.3 Å². The molecule has 10 nitrogen and oxygen atoms in total. The van der Waals surface area contributed by atoms with Gasteiger partial charge in [-0.2, -0.15) is 4.98 Å². The Morgan fingerprint density at radius 3 is 2.46 bits per heavy atom. The highest BCUT2D eigenvalue weighted by Gasteiger charge is 2.54. The van der Waals surface area contributed by atoms with Gasteiger partial charge in [-0.15, -0.1) is 10.2 Å². The zero-order valence-corrected chi connectivity index (χ0v) is 30.1. The third kappa shape index (κ3) is 8.22. The minimum atomic E-state index is -0.534. The topological polar surface area (TPSA) is 96.8 Å². The molecule has 12 heteroatoms. The molecule has 1 spiro atoms. The summed E-state index contributed by atoms with van der Waals surface area (Å²) < 4.78 is 26.0. The second kappa shape index (κ2) is 15.4. The van der Waals surface area contributed by atoms with Gasteiger partial charge >= 0.3 is 0 Å². The Labute approximate surface area is 298 Å². The maximum Gasteiger partial charge on any atom is 0.282 e. The van der Waals surface area contributed by atoms with Crippen molar-refractivity contribution in [3.05, 3.63) is 94.3 Å². The van der Waals surface area contributed by atoms with Gasteiger partial charge in [0.1, 0.15) is 23.4 Å². The van der Waals surface area contributed by atoms with E-state index in [0.717, 1.165) is 69.5 Å². The number of rotatable bonds is 10. The van der Waals surface area contributed by atoms with Gasteiger partial charge in [0.25, 0.3) is 5.88 Å². The molecule has 0 amide bonds. The number of carbonyl (C=O) groups excluding carboxylic acids is 1. The van der Waals surface area contributed by atoms with Gasteiger partial charge < -0.3 is 19.3 Å². The fourth-order valence-corrected chi connectivity index (χ4v) is 6.98. The molecule has 2 aromatic heterocycles. The first-order valence-electron chi connectivity index (χ1n) is 17.2. The van der Waals surface area contributed by atoms with Crippen LogP contribution in [0.5, 0.6) is 17.4 Å². The predicted molar refractivity (Wildman–Crippen MR) is 192 cm³/mol. The maximum absolute atomic E-state index is 13.6. The summed E-state index contributed by atoms with van der Waals surface area (Å²) in [5.41, 5.74) is 3.79. The molecule has 264 valence electrons. The highest BCUT2D eigenvalue weighted by Crippen LogP contribution is 2.52. The molecular formula is C38H45ClFN7O3. The van der Waals surface area contributed by atoms with Crippen molar-refractivity contribution >= 4 is 23.7 Å². The normalized spacial score (nSPS) is 16.8. The summed E-state index contributed by atoms with van der Waals surface area (Å²) in [6.45, 7) is 13.0. The van der Waals surface area contributed by atoms with Gasteiger partial charge in [0.15, 0.2) is 12.1 Å². The van der Waals surface area contributed by atoms with E-state index in [1.807, 2.05) is 23.2 Å². The van der Waals surface area contributed by atoms with Crippen molar-refractivity contribution < 1.29 is 18.7 Å². The van der Waals surface area contributed by atoms with Gasteiger partial charge in [-0.3, -0.25) is 14.7 Å². The Balaban J connectivity index is 0.000000485. The number of benzene rings is 2. The van der Waals surface area contributed by atoms with Crippen LogP contribution in [0.3, 0.4) is 0 Å². The molecule has 7 rings (SSSR count). The minimum absolute atomic E-state index is 0.00777. The predicted octanol–water partition coefficient (Wildman–Crippen LogP) is 7.01. The molecule has 4 heterocycles. The molecule has 0 radical (unpaired) electrons. The Morgan fingerprint density at radius 1 is 1.04 bits per heavy atom. The van der Waals surface area contributed by atoms with Crippen LogP contribution in [0.4, 0.5) is 10.2 Å². The van der Waals surface area contributed by atoms with Crippen LogP contribution in [-0.4, -0.2) is 81.1 Å². The smallest absolute Gasteiger partial charge is 0.282 e. The van der Waals surface area contributed by atoms with Crippen LogP contribution in [0, 0.1) is 11.2 Å². The molecule has 2 aliphatic heterocycles. The van der Waals surface area contributed by atoms with Crippen LogP contribution in [0.2, 0.25) is 5.28 Å². The molecule has 50 heavy (non-hydrogen) atoms. The van der Waals surface area contributed by atoms with Crippen LogP contribution < -0.4 is 14.4 Å². The minimum Gasteiger partial charge on any atom is -0.490 e. The zero-order valence-electron chi connectivity index (χ0n) is 29.4. The number of carbonyl (C=O) groups is 1. The summed E-state index contributed by atoms with van der Waals surface area (Å²) in [5.74, 6) is 1.11. The van der Waals surface area contributed by atoms with Crippen LogP contribution in [-0.2, 0) is 19.5 Å². The summed E-state index contributed by atoms with van der Waals surface area (Å²) in [4.78, 5) is 27.2. The fraction of sp³-hybridized carbons (Fsp3) is 0.447. The summed E-state index contributed by atoms with van der Waals surface area (Å²) >= 11 is 6.07. The summed E-state index contributed by atoms with van der Waals surface area (Å²) in [6, 6.07) is 17.6. The molecule has 0 bridgehead atoms. The molecule has 1 saturated carbocycles. The number of nitrogens with zero attached hydrogens (tertiary/aromatic N) is 7. The van der Waals surface area contributed by atoms with E-state index in [4.69, 9.17) is 21.1 Å². The van der Waals surface area contributed by atoms with E-state index >= 15 is 0 Å². The van der Waals surface area contributed by atoms with Crippen molar-refractivity contribution in [1.82, 2.24) is 30.0 Å². The van der Waals surface area contributed by atoms with Crippen molar-refractivity contribution in [2.75, 3.05) is 31.6 Å². The molecular weight excluding hydrogens is 657 g/mol. The summed E-state index contributed by atoms with van der Waals surface area (Å²) in [6.07, 6.45) is 5.26. The molecule has 2 fully saturated rings. The highest BCUT2D eigenvalue weighted by molar-refractivity contribution is 6.28. The summed E-state index contributed by atoms with van der Waals surface area (Å²) in [5, 5.41) is 7.85. The fourth-order valence-electron chi connectivity index (χ4n) is 6.86. The Bertz CT molecular complexity index is 1770. The summed E-state index contributed by atoms with van der Waals surface area (Å²) in [7, 11) is 2.15. The van der Waals surface area contributed by atoms with Crippen LogP contribution in [0.1, 0.15) is 67.7 Å². The number of aldehydes is 1. The van der Waals surface area contributed by atoms with Crippen LogP contribution >= 0.6 is 11.6 Å². The maximum atomic E-state index is 13.6. The number of hydrogen-bond donors (Lipinski definition) is 0. The van der Waals surface area contributed by atoms with Crippen molar-refractivity contribution in [2.45, 2.75) is 78.2 Å². The quantitative estimate of drug-likeness (QED) is 0.161. The number of hydrogen-bond acceptors (Lipinski definition) is 10. The molecule has 2 aromatic carbocycles. The van der Waals surface area contributed by atoms with Gasteiger partial charge in [0.05, 0.1) is 5.56 Å². The SMILES string of the molecule is CC(C)N(C)C(C)C.O=Cc1cc(F)ccc1Oc1nnc(Cl)nc1N1CC2(CC(Oc3ccnc4c3CN(Cc3ccccc3)CC4)C2)C1. The number of halogens is 2. The van der Waals surface area contributed by atoms with Gasteiger partial charge in [0, 0.05) is 74.1 Å². The van der Waals surface area contributed by atoms with Gasteiger partial charge in [0.2, 0.25) is 5.28 Å². The highest BCUT2D eigenvalue weighted by atomic mass is 35.5. The first kappa shape index (κ1) is 35.6. The van der Waals surface area contributed by atoms with Crippen molar-refractivity contribution in [3.8, 4) is 17.4 Å². The van der Waals surface area contributed by atoms with Gasteiger partial charge in [-0.25, -0.2) is 4.39 Å². The van der Waals surface area contributed by atoms with Gasteiger partial charge in [-0.05, 0) is 89.0 Å². The average Bonchev–Trinajstić information content (AvgIpc) is 3.07. The lowest BCUT2D eigenvalue weighted by Gasteiger charge is -2.58. The van der Waals surface area contributed by atoms with Crippen LogP contribution in [0.15, 0.2) is 60.8 Å². The molecule has 0 N–H and O–H groups in total. The number of pyridine rings is 1. The lowest BCUT2D eigenvalue weighted by Crippen LogP contribution is -2.65. The molecule has 4 aromatic rings. The van der Waals surface area contributed by atoms with E-state index in [-0.39, 0.29) is 34.0 Å². The van der Waals surface area contributed by atoms with E-state index < -0.39 is 5.82 Å². The second-order valence-electron chi connectivity index (χ2n) is 14.1. The molecule has 0 atom stereocenters. The third-order valence-corrected chi connectivity index (χ3v) is 10.1. The van der Waals surface area contributed by atoms with E-state index in [0.29, 0.717) is 24.2 Å². The van der Waals surface area contributed by atoms with Crippen LogP contribution in [0.25, 0.3) is 0 Å². The number of anilines is 1. The van der Waals surface area contributed by atoms with E-state index in [9.17, 15) is 9.18 Å². The van der Waals surface area contributed by atoms with Crippen molar-refractivity contribution in [3.63, 3.8) is 0 Å². The van der Waals surface area contributed by atoms with Crippen molar-refractivity contribution in [1.29, 1.82) is 0 Å². The molecule has 0 unspecified atom stereocenters. The largest absolute Gasteiger partial charge is 0.490 e. The molecule has 3 aliphatic rings. The zero-order chi connectivity index (χ0) is 35.4. The number of fused-ring (bicyclic) bond motifs is 1. The molecule has 1 saturated heterocycles. The Morgan fingerprint density at radius 2 is 1.78 bits per heavy atom. The van der Waals surface area contributed by atoms with E-state index in [2.05, 4.69) is 89.0 Å². The Kier molecular flexibility index (Phi) is 11.0. The lowest BCUT2D eigenvalue weighted by molar-refractivity contribution is -0.0353. The first-order valence-corrected chi connectivity index (χ1v) is 17.6. The van der Waals surface area contributed by atoms with E-state index in [1.165, 1.54) is 23.3 Å².